The average Bonchev–Trinajstić information content (AvgIpc) is 3.26. The highest BCUT2D eigenvalue weighted by Crippen LogP contribution is 2.20. The van der Waals surface area contributed by atoms with Crippen molar-refractivity contribution >= 4 is 29.6 Å². The fourth-order valence-corrected chi connectivity index (χ4v) is 9.79. The number of esters is 1. The third kappa shape index (κ3) is 46.7. The van der Waals surface area contributed by atoms with E-state index in [2.05, 4.69) is 26.1 Å². The van der Waals surface area contributed by atoms with E-state index in [9.17, 15) is 19.5 Å². The molecule has 0 heterocycles. The highest BCUT2D eigenvalue weighted by molar-refractivity contribution is 7.99. The van der Waals surface area contributed by atoms with Gasteiger partial charge < -0.3 is 15.2 Å². The quantitative estimate of drug-likeness (QED) is 0.0467. The molecule has 0 fully saturated rings. The number of ether oxygens (including phenoxy) is 1. The second-order valence-electron chi connectivity index (χ2n) is 19.2. The largest absolute Gasteiger partial charge is 0.480 e. The van der Waals surface area contributed by atoms with Crippen LogP contribution in [0.1, 0.15) is 310 Å². The number of carboxylic acid groups (broad SMARTS) is 1. The average molecular weight is 895 g/mol. The van der Waals surface area contributed by atoms with Crippen molar-refractivity contribution in [2.24, 2.45) is 0 Å². The maximum atomic E-state index is 13.0. The van der Waals surface area contributed by atoms with Crippen molar-refractivity contribution in [2.45, 2.75) is 322 Å². The normalized spacial score (nSPS) is 12.4. The van der Waals surface area contributed by atoms with E-state index >= 15 is 0 Å². The molecular weight excluding hydrogens is 787 g/mol. The first-order valence-electron chi connectivity index (χ1n) is 27.7. The number of thioether (sulfide) groups is 1. The van der Waals surface area contributed by atoms with Crippen LogP contribution in [0.15, 0.2) is 0 Å². The first-order chi connectivity index (χ1) is 30.4. The fraction of sp³-hybridized carbons (Fsp3) is 0.945. The predicted molar refractivity (Wildman–Crippen MR) is 272 cm³/mol. The third-order valence-electron chi connectivity index (χ3n) is 12.9. The summed E-state index contributed by atoms with van der Waals surface area (Å²) in [5.74, 6) is -0.427. The zero-order valence-corrected chi connectivity index (χ0v) is 42.7. The molecule has 0 aromatic rings. The van der Waals surface area contributed by atoms with Gasteiger partial charge in [-0.05, 0) is 25.7 Å². The van der Waals surface area contributed by atoms with Crippen LogP contribution in [0.5, 0.6) is 0 Å². The maximum absolute atomic E-state index is 13.0. The molecule has 62 heavy (non-hydrogen) atoms. The number of carbonyl (C=O) groups is 3. The molecule has 0 aromatic carbocycles. The first-order valence-corrected chi connectivity index (χ1v) is 28.9. The van der Waals surface area contributed by atoms with E-state index in [0.29, 0.717) is 18.6 Å². The van der Waals surface area contributed by atoms with Crippen LogP contribution < -0.4 is 5.32 Å². The van der Waals surface area contributed by atoms with Gasteiger partial charge in [0, 0.05) is 24.3 Å². The van der Waals surface area contributed by atoms with Crippen LogP contribution in [0.25, 0.3) is 0 Å². The van der Waals surface area contributed by atoms with Crippen molar-refractivity contribution in [3.05, 3.63) is 0 Å². The third-order valence-corrected chi connectivity index (χ3v) is 14.1. The van der Waals surface area contributed by atoms with Gasteiger partial charge in [-0.1, -0.05) is 271 Å². The molecule has 1 amide bonds. The van der Waals surface area contributed by atoms with Crippen LogP contribution in [-0.4, -0.2) is 46.6 Å². The molecule has 0 aromatic heterocycles. The van der Waals surface area contributed by atoms with Gasteiger partial charge in [-0.2, -0.15) is 11.8 Å². The van der Waals surface area contributed by atoms with Crippen molar-refractivity contribution in [3.63, 3.8) is 0 Å². The summed E-state index contributed by atoms with van der Waals surface area (Å²) >= 11 is 1.49. The lowest BCUT2D eigenvalue weighted by Gasteiger charge is -2.20. The Labute approximate surface area is 391 Å². The SMILES string of the molecule is CCCCCCCCCCCCCCCCCCC(CSC[C@H](NC(=O)CCCCCCCCCCCCCCC)C(=O)O)OC(=O)CCCCCCCCCCCCCCC. The lowest BCUT2D eigenvalue weighted by molar-refractivity contribution is -0.148. The van der Waals surface area contributed by atoms with Crippen molar-refractivity contribution < 1.29 is 24.2 Å². The van der Waals surface area contributed by atoms with E-state index < -0.39 is 12.0 Å². The molecule has 0 bridgehead atoms. The summed E-state index contributed by atoms with van der Waals surface area (Å²) in [5, 5.41) is 12.7. The van der Waals surface area contributed by atoms with Crippen LogP contribution in [0, 0.1) is 0 Å². The number of amides is 1. The van der Waals surface area contributed by atoms with Crippen LogP contribution in [0.4, 0.5) is 0 Å². The Hall–Kier alpha value is -1.24. The van der Waals surface area contributed by atoms with Crippen LogP contribution in [-0.2, 0) is 19.1 Å². The minimum Gasteiger partial charge on any atom is -0.480 e. The molecular formula is C55H107NO5S. The molecule has 0 saturated heterocycles. The highest BCUT2D eigenvalue weighted by Gasteiger charge is 2.22. The summed E-state index contributed by atoms with van der Waals surface area (Å²) in [5.41, 5.74) is 0. The zero-order chi connectivity index (χ0) is 45.2. The molecule has 2 atom stereocenters. The topological polar surface area (TPSA) is 92.7 Å². The number of unbranched alkanes of at least 4 members (excludes halogenated alkanes) is 39. The number of aliphatic carboxylic acids is 1. The number of carbonyl (C=O) groups excluding carboxylic acids is 2. The number of hydrogen-bond acceptors (Lipinski definition) is 5. The second kappa shape index (κ2) is 50.8. The van der Waals surface area contributed by atoms with Gasteiger partial charge >= 0.3 is 11.9 Å². The molecule has 1 unspecified atom stereocenters. The summed E-state index contributed by atoms with van der Waals surface area (Å²) in [7, 11) is 0. The Morgan fingerprint density at radius 3 is 1.02 bits per heavy atom. The maximum Gasteiger partial charge on any atom is 0.327 e. The summed E-state index contributed by atoms with van der Waals surface area (Å²) in [6.07, 6.45) is 55.6. The molecule has 6 nitrogen and oxygen atoms in total. The molecule has 2 N–H and O–H groups in total. The Morgan fingerprint density at radius 1 is 0.403 bits per heavy atom. The fourth-order valence-electron chi connectivity index (χ4n) is 8.69. The Bertz CT molecular complexity index is 947. The lowest BCUT2D eigenvalue weighted by atomic mass is 10.0. The molecule has 7 heteroatoms. The summed E-state index contributed by atoms with van der Waals surface area (Å²) in [6.45, 7) is 6.82. The van der Waals surface area contributed by atoms with Gasteiger partial charge in [0.2, 0.25) is 5.91 Å². The Morgan fingerprint density at radius 2 is 0.694 bits per heavy atom. The highest BCUT2D eigenvalue weighted by atomic mass is 32.2. The molecule has 0 aliphatic rings. The van der Waals surface area contributed by atoms with Crippen molar-refractivity contribution in [2.75, 3.05) is 11.5 Å². The van der Waals surface area contributed by atoms with Gasteiger partial charge in [0.25, 0.3) is 0 Å². The lowest BCUT2D eigenvalue weighted by Crippen LogP contribution is -2.42. The smallest absolute Gasteiger partial charge is 0.327 e. The zero-order valence-electron chi connectivity index (χ0n) is 41.9. The molecule has 0 saturated carbocycles. The summed E-state index contributed by atoms with van der Waals surface area (Å²) < 4.78 is 6.04. The molecule has 0 aliphatic heterocycles. The first kappa shape index (κ1) is 60.8. The Kier molecular flexibility index (Phi) is 49.7. The molecule has 0 spiro atoms. The Balaban J connectivity index is 4.47. The van der Waals surface area contributed by atoms with E-state index in [1.807, 2.05) is 0 Å². The van der Waals surface area contributed by atoms with E-state index in [0.717, 1.165) is 51.4 Å². The van der Waals surface area contributed by atoms with Crippen molar-refractivity contribution in [3.8, 4) is 0 Å². The minimum absolute atomic E-state index is 0.115. The van der Waals surface area contributed by atoms with E-state index in [1.54, 1.807) is 0 Å². The number of nitrogens with one attached hydrogen (secondary N) is 1. The monoisotopic (exact) mass is 894 g/mol. The number of rotatable bonds is 52. The van der Waals surface area contributed by atoms with E-state index in [4.69, 9.17) is 4.74 Å². The van der Waals surface area contributed by atoms with Crippen LogP contribution in [0.3, 0.4) is 0 Å². The van der Waals surface area contributed by atoms with Gasteiger partial charge in [-0.25, -0.2) is 4.79 Å². The standard InChI is InChI=1S/C55H107NO5S/c1-4-7-10-13-16-19-22-25-26-27-30-31-34-37-40-43-46-51(61-54(58)48-45-42-39-36-33-29-24-21-18-15-12-9-6-3)49-62-50-52(55(59)60)56-53(57)47-44-41-38-35-32-28-23-20-17-14-11-8-5-2/h51-52H,4-50H2,1-3H3,(H,56,57)(H,59,60)/t51?,52-/m0/s1. The van der Waals surface area contributed by atoms with Crippen LogP contribution >= 0.6 is 11.8 Å². The van der Waals surface area contributed by atoms with Gasteiger partial charge in [-0.15, -0.1) is 0 Å². The van der Waals surface area contributed by atoms with Gasteiger partial charge in [-0.3, -0.25) is 9.59 Å². The van der Waals surface area contributed by atoms with Crippen molar-refractivity contribution in [1.29, 1.82) is 0 Å². The molecule has 0 rings (SSSR count). The molecule has 0 radical (unpaired) electrons. The van der Waals surface area contributed by atoms with Gasteiger partial charge in [0.15, 0.2) is 0 Å². The number of hydrogen-bond donors (Lipinski definition) is 2. The molecule has 368 valence electrons. The van der Waals surface area contributed by atoms with Gasteiger partial charge in [0.1, 0.15) is 12.1 Å². The number of carboxylic acids is 1. The predicted octanol–water partition coefficient (Wildman–Crippen LogP) is 17.8. The van der Waals surface area contributed by atoms with Crippen LogP contribution in [0.2, 0.25) is 0 Å². The van der Waals surface area contributed by atoms with E-state index in [1.165, 1.54) is 236 Å². The molecule has 0 aliphatic carbocycles. The summed E-state index contributed by atoms with van der Waals surface area (Å²) in [6, 6.07) is -0.924. The van der Waals surface area contributed by atoms with E-state index in [-0.39, 0.29) is 23.7 Å². The minimum atomic E-state index is -0.995. The second-order valence-corrected chi connectivity index (χ2v) is 20.3. The van der Waals surface area contributed by atoms with Gasteiger partial charge in [0.05, 0.1) is 0 Å². The van der Waals surface area contributed by atoms with Crippen molar-refractivity contribution in [1.82, 2.24) is 5.32 Å². The summed E-state index contributed by atoms with van der Waals surface area (Å²) in [4.78, 5) is 37.8.